The molecule has 3 aromatic rings. The highest BCUT2D eigenvalue weighted by atomic mass is 16.5. The molecule has 0 saturated heterocycles. The van der Waals surface area contributed by atoms with Gasteiger partial charge in [-0.25, -0.2) is 0 Å². The second-order valence-corrected chi connectivity index (χ2v) is 7.76. The third kappa shape index (κ3) is 4.09. The number of aromatic nitrogens is 1. The van der Waals surface area contributed by atoms with Crippen LogP contribution in [0.2, 0.25) is 0 Å². The highest BCUT2D eigenvalue weighted by molar-refractivity contribution is 6.16. The van der Waals surface area contributed by atoms with E-state index in [0.29, 0.717) is 35.5 Å². The number of aliphatic hydroxyl groups excluding tert-OH is 1. The van der Waals surface area contributed by atoms with Crippen molar-refractivity contribution in [1.82, 2.24) is 14.8 Å². The number of hydrogen-bond donors (Lipinski definition) is 1. The maximum absolute atomic E-state index is 13.6. The number of amides is 1. The Hall–Kier alpha value is -3.65. The Labute approximate surface area is 192 Å². The first-order valence-corrected chi connectivity index (χ1v) is 11.0. The maximum Gasteiger partial charge on any atom is 0.290 e. The SMILES string of the molecule is CCN(CC)CCN1C(=O)C(O)=C(C(=O)c2cc3cccc(OC)c3o2)C1c1ccccn1. The van der Waals surface area contributed by atoms with E-state index in [-0.39, 0.29) is 11.3 Å². The Balaban J connectivity index is 1.75. The molecule has 1 aliphatic heterocycles. The van der Waals surface area contributed by atoms with E-state index < -0.39 is 23.5 Å². The molecule has 8 heteroatoms. The van der Waals surface area contributed by atoms with Gasteiger partial charge in [0.1, 0.15) is 6.04 Å². The van der Waals surface area contributed by atoms with Gasteiger partial charge in [-0.05, 0) is 37.4 Å². The maximum atomic E-state index is 13.6. The van der Waals surface area contributed by atoms with E-state index in [1.165, 1.54) is 12.0 Å². The summed E-state index contributed by atoms with van der Waals surface area (Å²) in [6.45, 7) is 6.71. The van der Waals surface area contributed by atoms with Gasteiger partial charge in [0.15, 0.2) is 22.9 Å². The minimum atomic E-state index is -0.808. The number of carbonyl (C=O) groups excluding carboxylic acids is 2. The molecule has 3 heterocycles. The monoisotopic (exact) mass is 449 g/mol. The zero-order chi connectivity index (χ0) is 23.5. The van der Waals surface area contributed by atoms with Crippen LogP contribution in [-0.4, -0.2) is 64.9 Å². The van der Waals surface area contributed by atoms with Crippen molar-refractivity contribution in [2.75, 3.05) is 33.3 Å². The predicted molar refractivity (Wildman–Crippen MR) is 123 cm³/mol. The molecule has 0 aliphatic carbocycles. The molecule has 0 spiro atoms. The number of hydrogen-bond acceptors (Lipinski definition) is 7. The molecule has 8 nitrogen and oxygen atoms in total. The normalized spacial score (nSPS) is 16.3. The van der Waals surface area contributed by atoms with Crippen LogP contribution in [0.4, 0.5) is 0 Å². The molecule has 172 valence electrons. The largest absolute Gasteiger partial charge is 0.503 e. The molecule has 0 radical (unpaired) electrons. The fourth-order valence-corrected chi connectivity index (χ4v) is 4.19. The molecule has 1 atom stereocenters. The summed E-state index contributed by atoms with van der Waals surface area (Å²) in [6, 6.07) is 11.4. The lowest BCUT2D eigenvalue weighted by Crippen LogP contribution is -2.38. The summed E-state index contributed by atoms with van der Waals surface area (Å²) in [6.07, 6.45) is 1.60. The number of likely N-dealkylation sites (N-methyl/N-ethyl adjacent to an activating group) is 1. The molecular formula is C25H27N3O5. The molecule has 0 saturated carbocycles. The van der Waals surface area contributed by atoms with Gasteiger partial charge in [-0.3, -0.25) is 14.6 Å². The number of nitrogens with zero attached hydrogens (tertiary/aromatic N) is 3. The number of para-hydroxylation sites is 1. The second kappa shape index (κ2) is 9.46. The molecular weight excluding hydrogens is 422 g/mol. The average molecular weight is 450 g/mol. The van der Waals surface area contributed by atoms with Crippen LogP contribution in [0.25, 0.3) is 11.0 Å². The number of carbonyl (C=O) groups is 2. The van der Waals surface area contributed by atoms with Crippen molar-refractivity contribution < 1.29 is 23.8 Å². The smallest absolute Gasteiger partial charge is 0.290 e. The van der Waals surface area contributed by atoms with Gasteiger partial charge in [-0.1, -0.05) is 32.0 Å². The number of fused-ring (bicyclic) bond motifs is 1. The van der Waals surface area contributed by atoms with Crippen LogP contribution in [0.15, 0.2) is 64.4 Å². The first-order chi connectivity index (χ1) is 16.0. The lowest BCUT2D eigenvalue weighted by atomic mass is 9.98. The zero-order valence-electron chi connectivity index (χ0n) is 18.9. The molecule has 2 aromatic heterocycles. The van der Waals surface area contributed by atoms with Crippen molar-refractivity contribution in [3.63, 3.8) is 0 Å². The Kier molecular flexibility index (Phi) is 6.46. The van der Waals surface area contributed by atoms with Crippen molar-refractivity contribution >= 4 is 22.7 Å². The van der Waals surface area contributed by atoms with Crippen LogP contribution in [0.3, 0.4) is 0 Å². The Morgan fingerprint density at radius 3 is 2.67 bits per heavy atom. The topological polar surface area (TPSA) is 96.1 Å². The Bertz CT molecular complexity index is 1200. The van der Waals surface area contributed by atoms with Crippen molar-refractivity contribution in [3.05, 3.63) is 71.4 Å². The highest BCUT2D eigenvalue weighted by Gasteiger charge is 2.45. The zero-order valence-corrected chi connectivity index (χ0v) is 18.9. The van der Waals surface area contributed by atoms with Crippen molar-refractivity contribution in [2.24, 2.45) is 0 Å². The van der Waals surface area contributed by atoms with Crippen molar-refractivity contribution in [1.29, 1.82) is 0 Å². The van der Waals surface area contributed by atoms with Gasteiger partial charge in [0.2, 0.25) is 5.78 Å². The molecule has 0 bridgehead atoms. The van der Waals surface area contributed by atoms with Gasteiger partial charge < -0.3 is 24.1 Å². The van der Waals surface area contributed by atoms with E-state index in [4.69, 9.17) is 9.15 Å². The summed E-state index contributed by atoms with van der Waals surface area (Å²) in [4.78, 5) is 34.7. The number of rotatable bonds is 9. The van der Waals surface area contributed by atoms with E-state index >= 15 is 0 Å². The number of aliphatic hydroxyl groups is 1. The van der Waals surface area contributed by atoms with Crippen LogP contribution in [-0.2, 0) is 4.79 Å². The molecule has 33 heavy (non-hydrogen) atoms. The summed E-state index contributed by atoms with van der Waals surface area (Å²) in [5.74, 6) is -1.19. The van der Waals surface area contributed by atoms with Gasteiger partial charge in [0.25, 0.3) is 5.91 Å². The van der Waals surface area contributed by atoms with E-state index in [1.54, 1.807) is 48.7 Å². The predicted octanol–water partition coefficient (Wildman–Crippen LogP) is 3.76. The summed E-state index contributed by atoms with van der Waals surface area (Å²) in [5.41, 5.74) is 0.906. The first kappa shape index (κ1) is 22.5. The molecule has 1 amide bonds. The molecule has 1 aliphatic rings. The summed E-state index contributed by atoms with van der Waals surface area (Å²) < 4.78 is 11.1. The molecule has 1 unspecified atom stereocenters. The van der Waals surface area contributed by atoms with Crippen LogP contribution < -0.4 is 4.74 Å². The minimum absolute atomic E-state index is 0.0235. The summed E-state index contributed by atoms with van der Waals surface area (Å²) >= 11 is 0. The Morgan fingerprint density at radius 1 is 1.21 bits per heavy atom. The molecule has 1 aromatic carbocycles. The number of methoxy groups -OCH3 is 1. The standard InChI is InChI=1S/C25H27N3O5/c1-4-27(5-2)13-14-28-21(17-10-6-7-12-26-17)20(23(30)25(28)31)22(29)19-15-16-9-8-11-18(32-3)24(16)33-19/h6-12,15,21,30H,4-5,13-14H2,1-3H3. The molecule has 1 N–H and O–H groups in total. The number of benzene rings is 1. The van der Waals surface area contributed by atoms with Crippen molar-refractivity contribution in [2.45, 2.75) is 19.9 Å². The first-order valence-electron chi connectivity index (χ1n) is 11.0. The number of ketones is 1. The van der Waals surface area contributed by atoms with Gasteiger partial charge in [-0.2, -0.15) is 0 Å². The van der Waals surface area contributed by atoms with E-state index in [9.17, 15) is 14.7 Å². The highest BCUT2D eigenvalue weighted by Crippen LogP contribution is 2.39. The third-order valence-corrected chi connectivity index (χ3v) is 6.02. The van der Waals surface area contributed by atoms with Crippen LogP contribution in [0.5, 0.6) is 5.75 Å². The van der Waals surface area contributed by atoms with Gasteiger partial charge in [-0.15, -0.1) is 0 Å². The van der Waals surface area contributed by atoms with E-state index in [0.717, 1.165) is 13.1 Å². The second-order valence-electron chi connectivity index (χ2n) is 7.76. The average Bonchev–Trinajstić information content (AvgIpc) is 3.39. The van der Waals surface area contributed by atoms with Crippen molar-refractivity contribution in [3.8, 4) is 5.75 Å². The van der Waals surface area contributed by atoms with Crippen LogP contribution >= 0.6 is 0 Å². The van der Waals surface area contributed by atoms with Gasteiger partial charge in [0, 0.05) is 24.7 Å². The lowest BCUT2D eigenvalue weighted by Gasteiger charge is -2.28. The lowest BCUT2D eigenvalue weighted by molar-refractivity contribution is -0.129. The fourth-order valence-electron chi connectivity index (χ4n) is 4.19. The number of Topliss-reactive ketones (excluding diaryl/α,β-unsaturated/α-hetero) is 1. The fraction of sp³-hybridized carbons (Fsp3) is 0.320. The summed E-state index contributed by atoms with van der Waals surface area (Å²) in [5, 5.41) is 11.5. The third-order valence-electron chi connectivity index (χ3n) is 6.02. The van der Waals surface area contributed by atoms with Gasteiger partial charge >= 0.3 is 0 Å². The number of pyridine rings is 1. The van der Waals surface area contributed by atoms with E-state index in [2.05, 4.69) is 9.88 Å². The quantitative estimate of drug-likeness (QED) is 0.497. The van der Waals surface area contributed by atoms with E-state index in [1.807, 2.05) is 13.8 Å². The van der Waals surface area contributed by atoms with Crippen LogP contribution in [0, 0.1) is 0 Å². The summed E-state index contributed by atoms with van der Waals surface area (Å²) in [7, 11) is 1.52. The minimum Gasteiger partial charge on any atom is -0.503 e. The number of ether oxygens (including phenoxy) is 1. The Morgan fingerprint density at radius 2 is 2.00 bits per heavy atom. The molecule has 4 rings (SSSR count). The molecule has 0 fully saturated rings. The number of furan rings is 1. The van der Waals surface area contributed by atoms with Crippen LogP contribution in [0.1, 0.15) is 36.1 Å². The van der Waals surface area contributed by atoms with Gasteiger partial charge in [0.05, 0.1) is 18.4 Å².